The van der Waals surface area contributed by atoms with Gasteiger partial charge in [-0.15, -0.1) is 0 Å². The van der Waals surface area contributed by atoms with Crippen molar-refractivity contribution in [2.75, 3.05) is 13.6 Å². The maximum Gasteiger partial charge on any atom is 0.0434 e. The summed E-state index contributed by atoms with van der Waals surface area (Å²) in [6.07, 6.45) is 10.6. The highest BCUT2D eigenvalue weighted by Gasteiger charge is 2.09. The number of rotatable bonds is 3. The Labute approximate surface area is 99.2 Å². The highest BCUT2D eigenvalue weighted by Crippen LogP contribution is 2.19. The summed E-state index contributed by atoms with van der Waals surface area (Å²) in [5, 5.41) is 0. The second-order valence-electron chi connectivity index (χ2n) is 4.31. The van der Waals surface area contributed by atoms with Crippen molar-refractivity contribution >= 4 is 0 Å². The molecule has 1 aliphatic heterocycles. The predicted octanol–water partition coefficient (Wildman–Crippen LogP) is 3.84. The minimum Gasteiger partial charge on any atom is -0.370 e. The van der Waals surface area contributed by atoms with Crippen LogP contribution in [0.4, 0.5) is 0 Å². The number of hydrogen-bond acceptors (Lipinski definition) is 1. The van der Waals surface area contributed by atoms with Crippen molar-refractivity contribution < 1.29 is 0 Å². The number of likely N-dealkylation sites (N-methyl/N-ethyl adjacent to an activating group) is 1. The highest BCUT2D eigenvalue weighted by molar-refractivity contribution is 5.42. The van der Waals surface area contributed by atoms with Crippen LogP contribution in [0.25, 0.3) is 0 Å². The fraction of sp³-hybridized carbons (Fsp3) is 0.333. The van der Waals surface area contributed by atoms with E-state index in [0.29, 0.717) is 0 Å². The summed E-state index contributed by atoms with van der Waals surface area (Å²) in [5.74, 6) is 0. The molecule has 0 atom stereocenters. The van der Waals surface area contributed by atoms with Crippen LogP contribution < -0.4 is 0 Å². The molecule has 0 fully saturated rings. The lowest BCUT2D eigenvalue weighted by Gasteiger charge is -2.26. The predicted molar refractivity (Wildman–Crippen MR) is 72.2 cm³/mol. The number of nitrogens with zero attached hydrogens (tertiary/aromatic N) is 1. The zero-order valence-electron chi connectivity index (χ0n) is 10.7. The summed E-state index contributed by atoms with van der Waals surface area (Å²) < 4.78 is 0. The summed E-state index contributed by atoms with van der Waals surface area (Å²) >= 11 is 0. The number of hydrogen-bond donors (Lipinski definition) is 0. The van der Waals surface area contributed by atoms with Gasteiger partial charge in [-0.1, -0.05) is 42.0 Å². The van der Waals surface area contributed by atoms with Crippen molar-refractivity contribution in [1.29, 1.82) is 0 Å². The summed E-state index contributed by atoms with van der Waals surface area (Å²) in [4.78, 5) is 2.23. The van der Waals surface area contributed by atoms with Crippen LogP contribution in [0.1, 0.15) is 20.8 Å². The maximum absolute atomic E-state index is 4.11. The molecule has 1 heterocycles. The topological polar surface area (TPSA) is 3.24 Å². The van der Waals surface area contributed by atoms with Crippen molar-refractivity contribution in [2.24, 2.45) is 0 Å². The average molecular weight is 215 g/mol. The Hall–Kier alpha value is -1.50. The first-order valence-electron chi connectivity index (χ1n) is 5.63. The average Bonchev–Trinajstić information content (AvgIpc) is 2.25. The van der Waals surface area contributed by atoms with Crippen LogP contribution in [0.5, 0.6) is 0 Å². The van der Waals surface area contributed by atoms with E-state index in [4.69, 9.17) is 0 Å². The Balaban J connectivity index is 2.79. The lowest BCUT2D eigenvalue weighted by molar-refractivity contribution is 0.457. The van der Waals surface area contributed by atoms with Crippen molar-refractivity contribution in [3.05, 3.63) is 59.4 Å². The van der Waals surface area contributed by atoms with Gasteiger partial charge in [0.2, 0.25) is 0 Å². The van der Waals surface area contributed by atoms with Gasteiger partial charge in [-0.3, -0.25) is 0 Å². The van der Waals surface area contributed by atoms with E-state index in [-0.39, 0.29) is 0 Å². The quantitative estimate of drug-likeness (QED) is 0.646. The smallest absolute Gasteiger partial charge is 0.0434 e. The third-order valence-corrected chi connectivity index (χ3v) is 2.76. The van der Waals surface area contributed by atoms with Crippen LogP contribution in [0.2, 0.25) is 0 Å². The van der Waals surface area contributed by atoms with Crippen molar-refractivity contribution in [2.45, 2.75) is 20.8 Å². The molecule has 0 aromatic rings. The van der Waals surface area contributed by atoms with Gasteiger partial charge >= 0.3 is 0 Å². The summed E-state index contributed by atoms with van der Waals surface area (Å²) in [7, 11) is 2.10. The van der Waals surface area contributed by atoms with E-state index in [0.717, 1.165) is 12.1 Å². The molecule has 1 rings (SSSR count). The second-order valence-corrected chi connectivity index (χ2v) is 4.31. The first-order chi connectivity index (χ1) is 7.54. The molecule has 1 heteroatoms. The molecule has 0 bridgehead atoms. The molecular formula is C15H21N. The Bertz CT molecular complexity index is 392. The molecule has 86 valence electrons. The molecule has 0 radical (unpaired) electrons. The number of allylic oxidation sites excluding steroid dienone is 6. The van der Waals surface area contributed by atoms with E-state index < -0.39 is 0 Å². The van der Waals surface area contributed by atoms with E-state index in [1.54, 1.807) is 0 Å². The highest BCUT2D eigenvalue weighted by atomic mass is 15.1. The molecule has 16 heavy (non-hydrogen) atoms. The largest absolute Gasteiger partial charge is 0.370 e. The van der Waals surface area contributed by atoms with Gasteiger partial charge in [-0.25, -0.2) is 0 Å². The molecule has 0 amide bonds. The summed E-state index contributed by atoms with van der Waals surface area (Å²) in [6.45, 7) is 11.4. The molecule has 0 N–H and O–H groups in total. The van der Waals surface area contributed by atoms with Crippen LogP contribution in [-0.2, 0) is 0 Å². The molecule has 0 saturated heterocycles. The third-order valence-electron chi connectivity index (χ3n) is 2.76. The lowest BCUT2D eigenvalue weighted by atomic mass is 10.1. The molecule has 0 aromatic carbocycles. The zero-order chi connectivity index (χ0) is 12.1. The standard InChI is InChI=1S/C15H21N/c1-6-12(2)7-9-14(4)15-10-8-13(3)11-16(15)5/h6-10H,4,11H2,1-3,5H3/b9-7-,12-6-. The van der Waals surface area contributed by atoms with Crippen LogP contribution >= 0.6 is 0 Å². The Morgan fingerprint density at radius 3 is 2.62 bits per heavy atom. The maximum atomic E-state index is 4.11. The minimum atomic E-state index is 0.987. The molecule has 1 nitrogen and oxygen atoms in total. The molecule has 0 spiro atoms. The van der Waals surface area contributed by atoms with E-state index in [2.05, 4.69) is 62.8 Å². The van der Waals surface area contributed by atoms with Gasteiger partial charge < -0.3 is 4.90 Å². The molecule has 0 aromatic heterocycles. The van der Waals surface area contributed by atoms with Gasteiger partial charge in [0.05, 0.1) is 0 Å². The fourth-order valence-electron chi connectivity index (χ4n) is 1.63. The first-order valence-corrected chi connectivity index (χ1v) is 5.63. The lowest BCUT2D eigenvalue weighted by Crippen LogP contribution is -2.22. The van der Waals surface area contributed by atoms with Crippen LogP contribution in [0.3, 0.4) is 0 Å². The molecule has 0 unspecified atom stereocenters. The van der Waals surface area contributed by atoms with E-state index in [1.807, 2.05) is 6.92 Å². The normalized spacial score (nSPS) is 17.5. The van der Waals surface area contributed by atoms with Crippen LogP contribution in [0.15, 0.2) is 59.4 Å². The summed E-state index contributed by atoms with van der Waals surface area (Å²) in [6, 6.07) is 0. The van der Waals surface area contributed by atoms with E-state index in [9.17, 15) is 0 Å². The fourth-order valence-corrected chi connectivity index (χ4v) is 1.63. The van der Waals surface area contributed by atoms with Gasteiger partial charge in [0.15, 0.2) is 0 Å². The Morgan fingerprint density at radius 2 is 2.06 bits per heavy atom. The summed E-state index contributed by atoms with van der Waals surface area (Å²) in [5.41, 5.74) is 4.90. The first kappa shape index (κ1) is 12.6. The minimum absolute atomic E-state index is 0.987. The molecule has 1 aliphatic rings. The molecule has 0 saturated carbocycles. The second kappa shape index (κ2) is 5.55. The Kier molecular flexibility index (Phi) is 4.36. The zero-order valence-corrected chi connectivity index (χ0v) is 10.7. The van der Waals surface area contributed by atoms with Crippen LogP contribution in [0, 0.1) is 0 Å². The third kappa shape index (κ3) is 3.27. The van der Waals surface area contributed by atoms with Gasteiger partial charge in [-0.05, 0) is 32.4 Å². The van der Waals surface area contributed by atoms with Gasteiger partial charge in [-0.2, -0.15) is 0 Å². The van der Waals surface area contributed by atoms with Crippen molar-refractivity contribution in [3.8, 4) is 0 Å². The van der Waals surface area contributed by atoms with Gasteiger partial charge in [0.1, 0.15) is 0 Å². The van der Waals surface area contributed by atoms with Gasteiger partial charge in [0, 0.05) is 19.3 Å². The van der Waals surface area contributed by atoms with Crippen molar-refractivity contribution in [1.82, 2.24) is 4.90 Å². The molecule has 0 aliphatic carbocycles. The van der Waals surface area contributed by atoms with Crippen LogP contribution in [-0.4, -0.2) is 18.5 Å². The SMILES string of the molecule is C=C(/C=C\C(C)=C/C)C1=CC=C(C)CN1C. The van der Waals surface area contributed by atoms with E-state index in [1.165, 1.54) is 16.8 Å². The van der Waals surface area contributed by atoms with Crippen molar-refractivity contribution in [3.63, 3.8) is 0 Å². The Morgan fingerprint density at radius 1 is 1.38 bits per heavy atom. The van der Waals surface area contributed by atoms with E-state index >= 15 is 0 Å². The van der Waals surface area contributed by atoms with Gasteiger partial charge in [0.25, 0.3) is 0 Å². The monoisotopic (exact) mass is 215 g/mol. The molecular weight excluding hydrogens is 194 g/mol.